The van der Waals surface area contributed by atoms with Gasteiger partial charge in [0.05, 0.1) is 18.2 Å². The summed E-state index contributed by atoms with van der Waals surface area (Å²) in [5.41, 5.74) is 0.972. The molecule has 2 rings (SSSR count). The molecule has 0 bridgehead atoms. The van der Waals surface area contributed by atoms with E-state index in [9.17, 15) is 4.79 Å². The van der Waals surface area contributed by atoms with E-state index in [1.165, 1.54) is 0 Å². The summed E-state index contributed by atoms with van der Waals surface area (Å²) in [6.07, 6.45) is 1.82. The lowest BCUT2D eigenvalue weighted by atomic mass is 10.1. The molecule has 0 atom stereocenters. The second kappa shape index (κ2) is 3.31. The van der Waals surface area contributed by atoms with Gasteiger partial charge in [-0.05, 0) is 18.2 Å². The first-order valence-corrected chi connectivity index (χ1v) is 4.50. The van der Waals surface area contributed by atoms with E-state index in [2.05, 4.69) is 0 Å². The molecule has 4 nitrogen and oxygen atoms in total. The number of carbonyl (C=O) groups is 1. The number of aryl methyl sites for hydroxylation is 1. The van der Waals surface area contributed by atoms with Gasteiger partial charge >= 0.3 is 5.97 Å². The number of benzene rings is 1. The highest BCUT2D eigenvalue weighted by Crippen LogP contribution is 2.28. The molecule has 1 aromatic carbocycles. The van der Waals surface area contributed by atoms with Crippen molar-refractivity contribution in [3.8, 4) is 5.75 Å². The third kappa shape index (κ3) is 1.34. The molecule has 78 valence electrons. The van der Waals surface area contributed by atoms with E-state index >= 15 is 0 Å². The van der Waals surface area contributed by atoms with Crippen LogP contribution in [-0.2, 0) is 7.05 Å². The molecule has 1 heterocycles. The third-order valence-electron chi connectivity index (χ3n) is 2.44. The molecule has 2 aromatic rings. The summed E-state index contributed by atoms with van der Waals surface area (Å²) in [5, 5.41) is 9.85. The Morgan fingerprint density at radius 3 is 2.73 bits per heavy atom. The Hall–Kier alpha value is -1.97. The van der Waals surface area contributed by atoms with E-state index in [0.29, 0.717) is 16.8 Å². The highest BCUT2D eigenvalue weighted by atomic mass is 16.5. The highest BCUT2D eigenvalue weighted by molar-refractivity contribution is 6.04. The number of carboxylic acid groups (broad SMARTS) is 1. The first-order chi connectivity index (χ1) is 7.15. The van der Waals surface area contributed by atoms with Gasteiger partial charge in [0.1, 0.15) is 5.75 Å². The number of methoxy groups -OCH3 is 1. The Morgan fingerprint density at radius 2 is 2.13 bits per heavy atom. The van der Waals surface area contributed by atoms with Gasteiger partial charge < -0.3 is 14.4 Å². The number of fused-ring (bicyclic) bond motifs is 1. The number of nitrogens with zero attached hydrogens (tertiary/aromatic N) is 1. The predicted molar refractivity (Wildman–Crippen MR) is 56.4 cm³/mol. The van der Waals surface area contributed by atoms with Crippen molar-refractivity contribution in [3.63, 3.8) is 0 Å². The van der Waals surface area contributed by atoms with Gasteiger partial charge in [-0.1, -0.05) is 0 Å². The Kier molecular flexibility index (Phi) is 2.11. The fourth-order valence-corrected chi connectivity index (χ4v) is 1.74. The fraction of sp³-hybridized carbons (Fsp3) is 0.182. The van der Waals surface area contributed by atoms with Crippen molar-refractivity contribution >= 4 is 16.9 Å². The number of rotatable bonds is 2. The van der Waals surface area contributed by atoms with Gasteiger partial charge in [-0.3, -0.25) is 0 Å². The molecule has 0 aliphatic carbocycles. The van der Waals surface area contributed by atoms with Crippen molar-refractivity contribution in [2.75, 3.05) is 7.11 Å². The van der Waals surface area contributed by atoms with Gasteiger partial charge in [0.2, 0.25) is 0 Å². The van der Waals surface area contributed by atoms with Crippen molar-refractivity contribution in [1.82, 2.24) is 4.57 Å². The zero-order valence-corrected chi connectivity index (χ0v) is 8.52. The Morgan fingerprint density at radius 1 is 1.40 bits per heavy atom. The first-order valence-electron chi connectivity index (χ1n) is 4.50. The van der Waals surface area contributed by atoms with E-state index < -0.39 is 5.97 Å². The molecule has 0 saturated heterocycles. The highest BCUT2D eigenvalue weighted by Gasteiger charge is 2.14. The minimum atomic E-state index is -0.926. The second-order valence-corrected chi connectivity index (χ2v) is 3.31. The molecule has 4 heteroatoms. The maximum absolute atomic E-state index is 11.0. The third-order valence-corrected chi connectivity index (χ3v) is 2.44. The van der Waals surface area contributed by atoms with Crippen LogP contribution in [0.5, 0.6) is 5.75 Å². The van der Waals surface area contributed by atoms with Crippen LogP contribution < -0.4 is 4.74 Å². The van der Waals surface area contributed by atoms with Crippen molar-refractivity contribution in [1.29, 1.82) is 0 Å². The SMILES string of the molecule is COc1ccc(C(=O)O)c2c1ccn2C. The molecule has 0 aliphatic rings. The average molecular weight is 205 g/mol. The summed E-state index contributed by atoms with van der Waals surface area (Å²) in [5.74, 6) is -0.236. The van der Waals surface area contributed by atoms with Crippen LogP contribution in [0.4, 0.5) is 0 Å². The van der Waals surface area contributed by atoms with Crippen LogP contribution in [0.25, 0.3) is 10.9 Å². The summed E-state index contributed by atoms with van der Waals surface area (Å²) in [7, 11) is 3.39. The number of hydrogen-bond donors (Lipinski definition) is 1. The molecule has 0 spiro atoms. The van der Waals surface area contributed by atoms with Crippen LogP contribution in [0.1, 0.15) is 10.4 Å². The summed E-state index contributed by atoms with van der Waals surface area (Å²) >= 11 is 0. The Labute approximate surface area is 86.7 Å². The largest absolute Gasteiger partial charge is 0.496 e. The minimum Gasteiger partial charge on any atom is -0.496 e. The van der Waals surface area contributed by atoms with Gasteiger partial charge in [-0.25, -0.2) is 4.79 Å². The minimum absolute atomic E-state index is 0.290. The molecule has 0 saturated carbocycles. The summed E-state index contributed by atoms with van der Waals surface area (Å²) in [6.45, 7) is 0. The number of aromatic carboxylic acids is 1. The lowest BCUT2D eigenvalue weighted by molar-refractivity contribution is 0.0698. The van der Waals surface area contributed by atoms with Gasteiger partial charge in [0.25, 0.3) is 0 Å². The van der Waals surface area contributed by atoms with Crippen molar-refractivity contribution in [3.05, 3.63) is 30.0 Å². The van der Waals surface area contributed by atoms with E-state index in [1.54, 1.807) is 23.8 Å². The molecule has 15 heavy (non-hydrogen) atoms. The zero-order chi connectivity index (χ0) is 11.0. The van der Waals surface area contributed by atoms with Gasteiger partial charge in [-0.2, -0.15) is 0 Å². The first kappa shape index (κ1) is 9.58. The quantitative estimate of drug-likeness (QED) is 0.814. The maximum atomic E-state index is 11.0. The van der Waals surface area contributed by atoms with E-state index in [1.807, 2.05) is 19.3 Å². The molecular weight excluding hydrogens is 194 g/mol. The molecular formula is C11H11NO3. The summed E-state index contributed by atoms with van der Waals surface area (Å²) in [4.78, 5) is 11.0. The van der Waals surface area contributed by atoms with E-state index in [0.717, 1.165) is 5.39 Å². The van der Waals surface area contributed by atoms with Crippen molar-refractivity contribution in [2.45, 2.75) is 0 Å². The lowest BCUT2D eigenvalue weighted by Crippen LogP contribution is -2.00. The van der Waals surface area contributed by atoms with Gasteiger partial charge in [0.15, 0.2) is 0 Å². The van der Waals surface area contributed by atoms with Gasteiger partial charge in [-0.15, -0.1) is 0 Å². The number of aromatic nitrogens is 1. The van der Waals surface area contributed by atoms with Crippen LogP contribution in [0.2, 0.25) is 0 Å². The average Bonchev–Trinajstić information content (AvgIpc) is 2.60. The van der Waals surface area contributed by atoms with Crippen LogP contribution in [0, 0.1) is 0 Å². The zero-order valence-electron chi connectivity index (χ0n) is 8.52. The summed E-state index contributed by atoms with van der Waals surface area (Å²) in [6, 6.07) is 5.08. The normalized spacial score (nSPS) is 10.5. The topological polar surface area (TPSA) is 51.5 Å². The predicted octanol–water partition coefficient (Wildman–Crippen LogP) is 1.89. The van der Waals surface area contributed by atoms with E-state index in [-0.39, 0.29) is 0 Å². The van der Waals surface area contributed by atoms with E-state index in [4.69, 9.17) is 9.84 Å². The maximum Gasteiger partial charge on any atom is 0.337 e. The van der Waals surface area contributed by atoms with Crippen LogP contribution >= 0.6 is 0 Å². The second-order valence-electron chi connectivity index (χ2n) is 3.31. The van der Waals surface area contributed by atoms with Gasteiger partial charge in [0, 0.05) is 18.6 Å². The number of carboxylic acids is 1. The molecule has 0 amide bonds. The monoisotopic (exact) mass is 205 g/mol. The van der Waals surface area contributed by atoms with Crippen molar-refractivity contribution in [2.24, 2.45) is 7.05 Å². The smallest absolute Gasteiger partial charge is 0.337 e. The number of ether oxygens (including phenoxy) is 1. The van der Waals surface area contributed by atoms with Crippen LogP contribution in [-0.4, -0.2) is 22.8 Å². The summed E-state index contributed by atoms with van der Waals surface area (Å²) < 4.78 is 6.95. The molecule has 1 aromatic heterocycles. The van der Waals surface area contributed by atoms with Crippen molar-refractivity contribution < 1.29 is 14.6 Å². The molecule has 0 unspecified atom stereocenters. The lowest BCUT2D eigenvalue weighted by Gasteiger charge is -2.05. The molecule has 0 aliphatic heterocycles. The van der Waals surface area contributed by atoms with Crippen LogP contribution in [0.3, 0.4) is 0 Å². The number of hydrogen-bond acceptors (Lipinski definition) is 2. The fourth-order valence-electron chi connectivity index (χ4n) is 1.74. The standard InChI is InChI=1S/C11H11NO3/c1-12-6-5-7-9(15-2)4-3-8(10(7)12)11(13)14/h3-6H,1-2H3,(H,13,14). The molecule has 0 fully saturated rings. The Bertz CT molecular complexity index is 528. The molecule has 1 N–H and O–H groups in total. The van der Waals surface area contributed by atoms with Crippen LogP contribution in [0.15, 0.2) is 24.4 Å². The molecule has 0 radical (unpaired) electrons. The Balaban J connectivity index is 2.86.